The van der Waals surface area contributed by atoms with E-state index in [1.165, 1.54) is 23.4 Å². The summed E-state index contributed by atoms with van der Waals surface area (Å²) in [5, 5.41) is 4.36. The number of carbonyl (C=O) groups excluding carboxylic acids is 1. The lowest BCUT2D eigenvalue weighted by atomic mass is 9.78. The molecule has 5 rings (SSSR count). The van der Waals surface area contributed by atoms with E-state index in [0.717, 1.165) is 16.9 Å². The van der Waals surface area contributed by atoms with Crippen molar-refractivity contribution in [3.63, 3.8) is 0 Å². The minimum absolute atomic E-state index is 0.0945. The average molecular weight is 453 g/mol. The Balaban J connectivity index is 1.34. The van der Waals surface area contributed by atoms with Gasteiger partial charge < -0.3 is 4.90 Å². The van der Waals surface area contributed by atoms with Crippen molar-refractivity contribution in [2.24, 2.45) is 5.41 Å². The largest absolute Gasteiger partial charge is 0.433 e. The Morgan fingerprint density at radius 3 is 2.66 bits per heavy atom. The molecule has 0 radical (unpaired) electrons. The van der Waals surface area contributed by atoms with Crippen LogP contribution in [-0.2, 0) is 17.5 Å². The third-order valence-electron chi connectivity index (χ3n) is 5.82. The Kier molecular flexibility index (Phi) is 4.53. The molecule has 8 nitrogen and oxygen atoms in total. The Bertz CT molecular complexity index is 1190. The van der Waals surface area contributed by atoms with Crippen molar-refractivity contribution in [1.82, 2.24) is 24.7 Å². The van der Waals surface area contributed by atoms with Crippen LogP contribution < -0.4 is 9.80 Å². The lowest BCUT2D eigenvalue weighted by Gasteiger charge is -2.47. The van der Waals surface area contributed by atoms with Crippen molar-refractivity contribution in [1.29, 1.82) is 0 Å². The van der Waals surface area contributed by atoms with Crippen LogP contribution in [0.4, 0.5) is 33.6 Å². The number of nitrogens with zero attached hydrogens (tertiary/aromatic N) is 7. The number of pyridine rings is 1. The highest BCUT2D eigenvalue weighted by molar-refractivity contribution is 6.01. The quantitative estimate of drug-likeness (QED) is 0.566. The van der Waals surface area contributed by atoms with E-state index >= 15 is 0 Å². The molecule has 2 aliphatic heterocycles. The number of carbonyl (C=O) groups is 1. The summed E-state index contributed by atoms with van der Waals surface area (Å²) < 4.78 is 65.4. The lowest BCUT2D eigenvalue weighted by Crippen LogP contribution is -2.60. The molecule has 0 unspecified atom stereocenters. The molecule has 168 valence electrons. The number of hydrogen-bond donors (Lipinski definition) is 0. The first-order valence-corrected chi connectivity index (χ1v) is 9.73. The van der Waals surface area contributed by atoms with Crippen LogP contribution in [0.5, 0.6) is 0 Å². The van der Waals surface area contributed by atoms with Gasteiger partial charge in [-0.3, -0.25) is 14.7 Å². The van der Waals surface area contributed by atoms with E-state index in [0.29, 0.717) is 24.0 Å². The number of alkyl halides is 5. The molecule has 5 heterocycles. The number of anilines is 2. The third-order valence-corrected chi connectivity index (χ3v) is 5.82. The van der Waals surface area contributed by atoms with Gasteiger partial charge in [0.1, 0.15) is 12.2 Å². The van der Waals surface area contributed by atoms with Crippen LogP contribution in [0.1, 0.15) is 12.1 Å². The zero-order valence-corrected chi connectivity index (χ0v) is 16.4. The molecule has 0 atom stereocenters. The molecule has 13 heteroatoms. The number of rotatable bonds is 4. The summed E-state index contributed by atoms with van der Waals surface area (Å²) >= 11 is 0. The maximum atomic E-state index is 13.1. The molecule has 3 aromatic heterocycles. The number of fused-ring (bicyclic) bond motifs is 1. The van der Waals surface area contributed by atoms with Gasteiger partial charge in [0.25, 0.3) is 6.43 Å². The monoisotopic (exact) mass is 453 g/mol. The molecule has 1 spiro atoms. The van der Waals surface area contributed by atoms with Gasteiger partial charge in [-0.1, -0.05) is 0 Å². The summed E-state index contributed by atoms with van der Waals surface area (Å²) in [4.78, 5) is 28.0. The van der Waals surface area contributed by atoms with E-state index in [4.69, 9.17) is 0 Å². The van der Waals surface area contributed by atoms with E-state index in [9.17, 15) is 26.7 Å². The van der Waals surface area contributed by atoms with Gasteiger partial charge in [-0.2, -0.15) is 23.3 Å². The standard InChI is InChI=1S/C19H16F5N7O/c20-14(21)8-31-15-11(7-27-31)6-26-17(28-15)30-4-2-18(16(30)32)9-29(10-18)12-1-3-25-13(5-12)19(22,23)24/h1,3,5-7,14H,2,4,8-10H2. The fraction of sp³-hybridized carbons (Fsp3) is 0.421. The van der Waals surface area contributed by atoms with Crippen molar-refractivity contribution in [3.05, 3.63) is 36.4 Å². The lowest BCUT2D eigenvalue weighted by molar-refractivity contribution is -0.141. The van der Waals surface area contributed by atoms with E-state index in [1.54, 1.807) is 4.90 Å². The molecule has 0 saturated carbocycles. The molecule has 3 aromatic rings. The molecule has 0 N–H and O–H groups in total. The van der Waals surface area contributed by atoms with Crippen LogP contribution in [0.2, 0.25) is 0 Å². The van der Waals surface area contributed by atoms with E-state index in [2.05, 4.69) is 20.1 Å². The number of halogens is 5. The van der Waals surface area contributed by atoms with Crippen molar-refractivity contribution >= 4 is 28.6 Å². The Morgan fingerprint density at radius 2 is 1.94 bits per heavy atom. The van der Waals surface area contributed by atoms with Gasteiger partial charge in [0.2, 0.25) is 11.9 Å². The van der Waals surface area contributed by atoms with Gasteiger partial charge in [0, 0.05) is 37.7 Å². The second-order valence-electron chi connectivity index (χ2n) is 7.91. The van der Waals surface area contributed by atoms with Gasteiger partial charge in [-0.15, -0.1) is 0 Å². The van der Waals surface area contributed by atoms with Crippen LogP contribution >= 0.6 is 0 Å². The van der Waals surface area contributed by atoms with Crippen LogP contribution in [-0.4, -0.2) is 56.7 Å². The van der Waals surface area contributed by atoms with Crippen LogP contribution in [0.25, 0.3) is 11.0 Å². The Hall–Kier alpha value is -3.38. The smallest absolute Gasteiger partial charge is 0.369 e. The first kappa shape index (κ1) is 20.5. The molecular formula is C19H16F5N7O. The highest BCUT2D eigenvalue weighted by Gasteiger charge is 2.55. The van der Waals surface area contributed by atoms with Crippen molar-refractivity contribution < 1.29 is 26.7 Å². The summed E-state index contributed by atoms with van der Waals surface area (Å²) in [5.41, 5.74) is -1.19. The van der Waals surface area contributed by atoms with Crippen LogP contribution in [0.3, 0.4) is 0 Å². The number of aromatic nitrogens is 5. The molecule has 32 heavy (non-hydrogen) atoms. The molecular weight excluding hydrogens is 437 g/mol. The predicted octanol–water partition coefficient (Wildman–Crippen LogP) is 2.75. The molecule has 0 aliphatic carbocycles. The molecule has 2 saturated heterocycles. The predicted molar refractivity (Wildman–Crippen MR) is 102 cm³/mol. The fourth-order valence-electron chi connectivity index (χ4n) is 4.19. The Morgan fingerprint density at radius 1 is 1.16 bits per heavy atom. The molecule has 0 bridgehead atoms. The summed E-state index contributed by atoms with van der Waals surface area (Å²) in [6, 6.07) is 2.44. The van der Waals surface area contributed by atoms with Crippen LogP contribution in [0.15, 0.2) is 30.7 Å². The topological polar surface area (TPSA) is 80.0 Å². The number of amides is 1. The van der Waals surface area contributed by atoms with Gasteiger partial charge in [0.05, 0.1) is 17.0 Å². The average Bonchev–Trinajstić information content (AvgIpc) is 3.26. The Labute approximate surface area is 177 Å². The van der Waals surface area contributed by atoms with E-state index in [-0.39, 0.29) is 30.6 Å². The maximum Gasteiger partial charge on any atom is 0.433 e. The molecule has 0 aromatic carbocycles. The normalized spacial score (nSPS) is 18.2. The zero-order valence-electron chi connectivity index (χ0n) is 16.4. The molecule has 2 aliphatic rings. The van der Waals surface area contributed by atoms with E-state index < -0.39 is 30.3 Å². The van der Waals surface area contributed by atoms with Crippen molar-refractivity contribution in [2.75, 3.05) is 29.4 Å². The highest BCUT2D eigenvalue weighted by atomic mass is 19.4. The van der Waals surface area contributed by atoms with Gasteiger partial charge >= 0.3 is 6.18 Å². The zero-order chi connectivity index (χ0) is 22.7. The summed E-state index contributed by atoms with van der Waals surface area (Å²) in [5.74, 6) is -0.143. The van der Waals surface area contributed by atoms with Gasteiger partial charge in [-0.05, 0) is 18.6 Å². The van der Waals surface area contributed by atoms with E-state index in [1.807, 2.05) is 0 Å². The summed E-state index contributed by atoms with van der Waals surface area (Å²) in [6.45, 7) is 0.217. The maximum absolute atomic E-state index is 13.1. The second kappa shape index (κ2) is 7.07. The van der Waals surface area contributed by atoms with Crippen molar-refractivity contribution in [3.8, 4) is 0 Å². The minimum atomic E-state index is -4.55. The first-order valence-electron chi connectivity index (χ1n) is 9.73. The summed E-state index contributed by atoms with van der Waals surface area (Å²) in [7, 11) is 0. The first-order chi connectivity index (χ1) is 15.2. The highest BCUT2D eigenvalue weighted by Crippen LogP contribution is 2.44. The van der Waals surface area contributed by atoms with Gasteiger partial charge in [-0.25, -0.2) is 18.4 Å². The fourth-order valence-corrected chi connectivity index (χ4v) is 4.19. The summed E-state index contributed by atoms with van der Waals surface area (Å²) in [6.07, 6.45) is -2.78. The third kappa shape index (κ3) is 3.31. The molecule has 1 amide bonds. The van der Waals surface area contributed by atoms with Gasteiger partial charge in [0.15, 0.2) is 5.65 Å². The second-order valence-corrected chi connectivity index (χ2v) is 7.91. The minimum Gasteiger partial charge on any atom is -0.369 e. The molecule has 2 fully saturated rings. The SMILES string of the molecule is O=C1N(c2ncc3cnn(CC(F)F)c3n2)CCC12CN(c1ccnc(C(F)(F)F)c1)C2. The van der Waals surface area contributed by atoms with Crippen LogP contribution in [0, 0.1) is 5.41 Å². The van der Waals surface area contributed by atoms with Crippen molar-refractivity contribution in [2.45, 2.75) is 25.6 Å². The number of hydrogen-bond acceptors (Lipinski definition) is 6.